The predicted molar refractivity (Wildman–Crippen MR) is 91.9 cm³/mol. The van der Waals surface area contributed by atoms with Crippen molar-refractivity contribution in [2.45, 2.75) is 57.0 Å². The molecule has 2 aliphatic rings. The van der Waals surface area contributed by atoms with Crippen LogP contribution in [0.25, 0.3) is 0 Å². The van der Waals surface area contributed by atoms with Gasteiger partial charge in [-0.2, -0.15) is 0 Å². The van der Waals surface area contributed by atoms with Crippen LogP contribution in [0.4, 0.5) is 4.79 Å². The molecule has 1 saturated carbocycles. The summed E-state index contributed by atoms with van der Waals surface area (Å²) in [6.45, 7) is 2.89. The predicted octanol–water partition coefficient (Wildman–Crippen LogP) is 3.22. The van der Waals surface area contributed by atoms with Gasteiger partial charge in [-0.1, -0.05) is 30.3 Å². The molecule has 0 bridgehead atoms. The van der Waals surface area contributed by atoms with Crippen molar-refractivity contribution in [3.8, 4) is 0 Å². The minimum Gasteiger partial charge on any atom is -0.481 e. The van der Waals surface area contributed by atoms with Crippen LogP contribution in [0.3, 0.4) is 0 Å². The van der Waals surface area contributed by atoms with Gasteiger partial charge in [-0.05, 0) is 44.6 Å². The summed E-state index contributed by atoms with van der Waals surface area (Å²) in [6, 6.07) is 10.7. The Morgan fingerprint density at radius 1 is 1.08 bits per heavy atom. The van der Waals surface area contributed by atoms with Gasteiger partial charge in [-0.3, -0.25) is 4.79 Å². The van der Waals surface area contributed by atoms with E-state index in [0.717, 1.165) is 25.8 Å². The third-order valence-corrected chi connectivity index (χ3v) is 5.65. The number of nitrogens with one attached hydrogen (secondary N) is 1. The van der Waals surface area contributed by atoms with Crippen LogP contribution in [0.5, 0.6) is 0 Å². The lowest BCUT2D eigenvalue weighted by Gasteiger charge is -2.31. The van der Waals surface area contributed by atoms with E-state index in [1.54, 1.807) is 0 Å². The molecule has 0 radical (unpaired) electrons. The average Bonchev–Trinajstić information content (AvgIpc) is 2.98. The number of likely N-dealkylation sites (tertiary alicyclic amines) is 1. The van der Waals surface area contributed by atoms with Gasteiger partial charge < -0.3 is 15.3 Å². The molecular weight excluding hydrogens is 304 g/mol. The van der Waals surface area contributed by atoms with Gasteiger partial charge >= 0.3 is 12.0 Å². The highest BCUT2D eigenvalue weighted by molar-refractivity contribution is 5.75. The number of amides is 2. The molecule has 24 heavy (non-hydrogen) atoms. The maximum Gasteiger partial charge on any atom is 0.317 e. The van der Waals surface area contributed by atoms with Gasteiger partial charge in [-0.15, -0.1) is 0 Å². The van der Waals surface area contributed by atoms with Crippen LogP contribution in [0, 0.1) is 5.92 Å². The second-order valence-corrected chi connectivity index (χ2v) is 7.08. The number of nitrogens with zero attached hydrogens (tertiary/aromatic N) is 1. The SMILES string of the molecule is CC1C(c2ccccc2)CCN1C(=O)NC1CCC(C(=O)O)CC1. The standard InChI is InChI=1S/C19H26N2O3/c1-13-17(14-5-3-2-4-6-14)11-12-21(13)19(24)20-16-9-7-15(8-10-16)18(22)23/h2-6,13,15-17H,7-12H2,1H3,(H,20,24)(H,22,23). The Kier molecular flexibility index (Phi) is 5.07. The van der Waals surface area contributed by atoms with Crippen molar-refractivity contribution >= 4 is 12.0 Å². The van der Waals surface area contributed by atoms with E-state index in [4.69, 9.17) is 5.11 Å². The summed E-state index contributed by atoms with van der Waals surface area (Å²) in [5.74, 6) is -0.565. The smallest absolute Gasteiger partial charge is 0.317 e. The highest BCUT2D eigenvalue weighted by atomic mass is 16.4. The van der Waals surface area contributed by atoms with Crippen LogP contribution in [-0.2, 0) is 4.79 Å². The van der Waals surface area contributed by atoms with E-state index in [0.29, 0.717) is 18.8 Å². The zero-order valence-corrected chi connectivity index (χ0v) is 14.1. The van der Waals surface area contributed by atoms with Crippen molar-refractivity contribution < 1.29 is 14.7 Å². The Labute approximate surface area is 143 Å². The zero-order chi connectivity index (χ0) is 17.1. The first-order valence-corrected chi connectivity index (χ1v) is 8.91. The van der Waals surface area contributed by atoms with Gasteiger partial charge in [0.15, 0.2) is 0 Å². The molecular formula is C19H26N2O3. The molecule has 0 spiro atoms. The number of aliphatic carboxylic acids is 1. The van der Waals surface area contributed by atoms with E-state index in [-0.39, 0.29) is 24.0 Å². The van der Waals surface area contributed by atoms with Crippen molar-refractivity contribution in [2.24, 2.45) is 5.92 Å². The number of rotatable bonds is 3. The Morgan fingerprint density at radius 2 is 1.75 bits per heavy atom. The molecule has 130 valence electrons. The fraction of sp³-hybridized carbons (Fsp3) is 0.579. The van der Waals surface area contributed by atoms with E-state index in [1.807, 2.05) is 23.1 Å². The first-order chi connectivity index (χ1) is 11.6. The van der Waals surface area contributed by atoms with Crippen LogP contribution in [0.1, 0.15) is 50.5 Å². The third-order valence-electron chi connectivity index (χ3n) is 5.65. The van der Waals surface area contributed by atoms with E-state index in [2.05, 4.69) is 24.4 Å². The summed E-state index contributed by atoms with van der Waals surface area (Å²) >= 11 is 0. The summed E-state index contributed by atoms with van der Waals surface area (Å²) in [7, 11) is 0. The molecule has 0 aromatic heterocycles. The van der Waals surface area contributed by atoms with Crippen molar-refractivity contribution in [2.75, 3.05) is 6.54 Å². The first-order valence-electron chi connectivity index (χ1n) is 8.91. The van der Waals surface area contributed by atoms with Crippen molar-refractivity contribution in [3.05, 3.63) is 35.9 Å². The Bertz CT molecular complexity index is 582. The minimum atomic E-state index is -0.710. The second kappa shape index (κ2) is 7.24. The maximum atomic E-state index is 12.6. The molecule has 1 heterocycles. The molecule has 5 nitrogen and oxygen atoms in total. The van der Waals surface area contributed by atoms with E-state index in [9.17, 15) is 9.59 Å². The number of urea groups is 1. The lowest BCUT2D eigenvalue weighted by molar-refractivity contribution is -0.142. The normalized spacial score (nSPS) is 30.1. The third kappa shape index (κ3) is 3.55. The highest BCUT2D eigenvalue weighted by Gasteiger charge is 2.36. The number of carboxylic acids is 1. The summed E-state index contributed by atoms with van der Waals surface area (Å²) in [6.07, 6.45) is 3.81. The van der Waals surface area contributed by atoms with Crippen molar-refractivity contribution in [1.82, 2.24) is 10.2 Å². The van der Waals surface area contributed by atoms with Crippen molar-refractivity contribution in [1.29, 1.82) is 0 Å². The minimum absolute atomic E-state index is 0.000272. The number of carbonyl (C=O) groups is 2. The van der Waals surface area contributed by atoms with Crippen molar-refractivity contribution in [3.63, 3.8) is 0 Å². The lowest BCUT2D eigenvalue weighted by atomic mass is 9.86. The number of hydrogen-bond acceptors (Lipinski definition) is 2. The summed E-state index contributed by atoms with van der Waals surface area (Å²) < 4.78 is 0. The molecule has 2 N–H and O–H groups in total. The van der Waals surface area contributed by atoms with Crippen LogP contribution >= 0.6 is 0 Å². The molecule has 3 rings (SSSR count). The number of benzene rings is 1. The molecule has 2 amide bonds. The highest BCUT2D eigenvalue weighted by Crippen LogP contribution is 2.33. The maximum absolute atomic E-state index is 12.6. The molecule has 1 aliphatic heterocycles. The van der Waals surface area contributed by atoms with E-state index >= 15 is 0 Å². The fourth-order valence-corrected chi connectivity index (χ4v) is 4.11. The van der Waals surface area contributed by atoms with Crippen LogP contribution < -0.4 is 5.32 Å². The molecule has 2 fully saturated rings. The van der Waals surface area contributed by atoms with Gasteiger partial charge in [0.1, 0.15) is 0 Å². The van der Waals surface area contributed by atoms with E-state index < -0.39 is 5.97 Å². The monoisotopic (exact) mass is 330 g/mol. The van der Waals surface area contributed by atoms with Gasteiger partial charge in [-0.25, -0.2) is 4.79 Å². The quantitative estimate of drug-likeness (QED) is 0.894. The van der Waals surface area contributed by atoms with Crippen LogP contribution in [0.2, 0.25) is 0 Å². The van der Waals surface area contributed by atoms with Gasteiger partial charge in [0, 0.05) is 24.5 Å². The Balaban J connectivity index is 1.54. The van der Waals surface area contributed by atoms with Gasteiger partial charge in [0.05, 0.1) is 5.92 Å². The zero-order valence-electron chi connectivity index (χ0n) is 14.1. The molecule has 1 saturated heterocycles. The number of hydrogen-bond donors (Lipinski definition) is 2. The van der Waals surface area contributed by atoms with Gasteiger partial charge in [0.2, 0.25) is 0 Å². The second-order valence-electron chi connectivity index (χ2n) is 7.08. The first kappa shape index (κ1) is 16.8. The fourth-order valence-electron chi connectivity index (χ4n) is 4.11. The number of carbonyl (C=O) groups excluding carboxylic acids is 1. The molecule has 5 heteroatoms. The average molecular weight is 330 g/mol. The van der Waals surface area contributed by atoms with E-state index in [1.165, 1.54) is 5.56 Å². The summed E-state index contributed by atoms with van der Waals surface area (Å²) in [5, 5.41) is 12.2. The Hall–Kier alpha value is -2.04. The molecule has 1 aromatic rings. The number of carboxylic acid groups (broad SMARTS) is 1. The van der Waals surface area contributed by atoms with Crippen LogP contribution in [0.15, 0.2) is 30.3 Å². The molecule has 1 aliphatic carbocycles. The molecule has 2 unspecified atom stereocenters. The summed E-state index contributed by atoms with van der Waals surface area (Å²) in [4.78, 5) is 25.6. The summed E-state index contributed by atoms with van der Waals surface area (Å²) in [5.41, 5.74) is 1.29. The lowest BCUT2D eigenvalue weighted by Crippen LogP contribution is -2.48. The van der Waals surface area contributed by atoms with Gasteiger partial charge in [0.25, 0.3) is 0 Å². The largest absolute Gasteiger partial charge is 0.481 e. The topological polar surface area (TPSA) is 69.6 Å². The van der Waals surface area contributed by atoms with Crippen LogP contribution in [-0.4, -0.2) is 40.6 Å². The molecule has 1 aromatic carbocycles. The Morgan fingerprint density at radius 3 is 2.38 bits per heavy atom. The molecule has 2 atom stereocenters.